The molecule has 0 saturated heterocycles. The van der Waals surface area contributed by atoms with Gasteiger partial charge in [-0.2, -0.15) is 0 Å². The predicted octanol–water partition coefficient (Wildman–Crippen LogP) is 3.18. The summed E-state index contributed by atoms with van der Waals surface area (Å²) in [5, 5.41) is 11.8. The van der Waals surface area contributed by atoms with Crippen LogP contribution in [0.5, 0.6) is 0 Å². The van der Waals surface area contributed by atoms with E-state index in [1.807, 2.05) is 43.3 Å². The lowest BCUT2D eigenvalue weighted by atomic mass is 10.2. The normalized spacial score (nSPS) is 10.6. The van der Waals surface area contributed by atoms with Crippen molar-refractivity contribution in [3.8, 4) is 5.69 Å². The van der Waals surface area contributed by atoms with E-state index in [1.165, 1.54) is 4.80 Å². The largest absolute Gasteiger partial charge is 0.462 e. The number of ether oxygens (including phenoxy) is 1. The first-order valence-corrected chi connectivity index (χ1v) is 8.49. The van der Waals surface area contributed by atoms with Crippen molar-refractivity contribution in [3.63, 3.8) is 0 Å². The third kappa shape index (κ3) is 4.38. The number of hydrogen-bond donors (Lipinski definition) is 1. The van der Waals surface area contributed by atoms with E-state index in [9.17, 15) is 9.59 Å². The molecule has 138 valence electrons. The van der Waals surface area contributed by atoms with Crippen LogP contribution in [0.15, 0.2) is 54.6 Å². The second kappa shape index (κ2) is 7.82. The highest BCUT2D eigenvalue weighted by Gasteiger charge is 2.13. The Kier molecular flexibility index (Phi) is 5.30. The van der Waals surface area contributed by atoms with Crippen LogP contribution in [0.4, 0.5) is 5.69 Å². The molecule has 0 saturated carbocycles. The fraction of sp³-hybridized carbons (Fsp3) is 0.200. The Morgan fingerprint density at radius 2 is 1.81 bits per heavy atom. The summed E-state index contributed by atoms with van der Waals surface area (Å²) in [7, 11) is 0. The minimum atomic E-state index is -0.508. The van der Waals surface area contributed by atoms with Gasteiger partial charge < -0.3 is 10.1 Å². The van der Waals surface area contributed by atoms with Crippen LogP contribution in [0.3, 0.4) is 0 Å². The van der Waals surface area contributed by atoms with E-state index in [-0.39, 0.29) is 18.9 Å². The van der Waals surface area contributed by atoms with Crippen molar-refractivity contribution in [1.29, 1.82) is 0 Å². The SMILES string of the molecule is C=C(C)C(=O)OCCC(=O)Nc1ccc(C)cc1-n1nc2ccccc2n1. The summed E-state index contributed by atoms with van der Waals surface area (Å²) in [6.45, 7) is 7.00. The van der Waals surface area contributed by atoms with E-state index in [0.717, 1.165) is 16.6 Å². The number of carbonyl (C=O) groups excluding carboxylic acids is 2. The summed E-state index contributed by atoms with van der Waals surface area (Å²) in [4.78, 5) is 25.1. The zero-order valence-electron chi connectivity index (χ0n) is 15.2. The fourth-order valence-corrected chi connectivity index (χ4v) is 2.45. The summed E-state index contributed by atoms with van der Waals surface area (Å²) < 4.78 is 4.96. The first-order chi connectivity index (χ1) is 12.9. The van der Waals surface area contributed by atoms with E-state index < -0.39 is 5.97 Å². The number of carbonyl (C=O) groups is 2. The van der Waals surface area contributed by atoms with Gasteiger partial charge in [0.25, 0.3) is 0 Å². The van der Waals surface area contributed by atoms with Crippen LogP contribution >= 0.6 is 0 Å². The predicted molar refractivity (Wildman–Crippen MR) is 103 cm³/mol. The number of aryl methyl sites for hydroxylation is 1. The third-order valence-corrected chi connectivity index (χ3v) is 3.84. The zero-order valence-corrected chi connectivity index (χ0v) is 15.2. The molecule has 2 aromatic carbocycles. The molecule has 1 N–H and O–H groups in total. The van der Waals surface area contributed by atoms with Crippen molar-refractivity contribution in [2.24, 2.45) is 0 Å². The first kappa shape index (κ1) is 18.3. The average molecular weight is 364 g/mol. The molecule has 1 aromatic heterocycles. The molecule has 27 heavy (non-hydrogen) atoms. The molecule has 7 nitrogen and oxygen atoms in total. The van der Waals surface area contributed by atoms with Crippen LogP contribution in [0.2, 0.25) is 0 Å². The number of hydrogen-bond acceptors (Lipinski definition) is 5. The number of fused-ring (bicyclic) bond motifs is 1. The molecule has 0 aliphatic heterocycles. The van der Waals surface area contributed by atoms with Gasteiger partial charge in [-0.05, 0) is 43.7 Å². The van der Waals surface area contributed by atoms with Gasteiger partial charge in [0.15, 0.2) is 0 Å². The van der Waals surface area contributed by atoms with Crippen LogP contribution < -0.4 is 5.32 Å². The summed E-state index contributed by atoms with van der Waals surface area (Å²) in [5.41, 5.74) is 4.09. The third-order valence-electron chi connectivity index (χ3n) is 3.84. The fourth-order valence-electron chi connectivity index (χ4n) is 2.45. The number of aromatic nitrogens is 3. The Bertz CT molecular complexity index is 990. The lowest BCUT2D eigenvalue weighted by molar-refractivity contribution is -0.139. The zero-order chi connectivity index (χ0) is 19.4. The van der Waals surface area contributed by atoms with E-state index >= 15 is 0 Å². The van der Waals surface area contributed by atoms with Crippen molar-refractivity contribution in [3.05, 3.63) is 60.2 Å². The van der Waals surface area contributed by atoms with Crippen LogP contribution in [0.25, 0.3) is 16.7 Å². The number of rotatable bonds is 6. The molecule has 0 radical (unpaired) electrons. The number of anilines is 1. The molecule has 3 aromatic rings. The second-order valence-corrected chi connectivity index (χ2v) is 6.21. The van der Waals surface area contributed by atoms with Crippen molar-refractivity contribution in [2.75, 3.05) is 11.9 Å². The van der Waals surface area contributed by atoms with Gasteiger partial charge in [0, 0.05) is 5.57 Å². The number of nitrogens with one attached hydrogen (secondary N) is 1. The smallest absolute Gasteiger partial charge is 0.333 e. The molecule has 0 unspecified atom stereocenters. The molecule has 1 amide bonds. The molecule has 1 heterocycles. The van der Waals surface area contributed by atoms with Gasteiger partial charge in [-0.1, -0.05) is 24.8 Å². The Labute approximate surface area is 156 Å². The highest BCUT2D eigenvalue weighted by Crippen LogP contribution is 2.22. The quantitative estimate of drug-likeness (QED) is 0.536. The maximum absolute atomic E-state index is 12.2. The van der Waals surface area contributed by atoms with Crippen molar-refractivity contribution in [2.45, 2.75) is 20.3 Å². The standard InChI is InChI=1S/C20H20N4O3/c1-13(2)20(26)27-11-10-19(25)21-17-9-8-14(3)12-18(17)24-22-15-6-4-5-7-16(15)23-24/h4-9,12H,1,10-11H2,2-3H3,(H,21,25). The Morgan fingerprint density at radius 3 is 2.44 bits per heavy atom. The van der Waals surface area contributed by atoms with E-state index in [1.54, 1.807) is 13.0 Å². The van der Waals surface area contributed by atoms with E-state index in [4.69, 9.17) is 4.74 Å². The van der Waals surface area contributed by atoms with Gasteiger partial charge in [0.2, 0.25) is 5.91 Å². The summed E-state index contributed by atoms with van der Waals surface area (Å²) >= 11 is 0. The van der Waals surface area contributed by atoms with Crippen LogP contribution in [0.1, 0.15) is 18.9 Å². The Hall–Kier alpha value is -3.48. The molecular weight excluding hydrogens is 344 g/mol. The van der Waals surface area contributed by atoms with E-state index in [0.29, 0.717) is 16.9 Å². The van der Waals surface area contributed by atoms with E-state index in [2.05, 4.69) is 22.1 Å². The molecule has 0 fully saturated rings. The first-order valence-electron chi connectivity index (χ1n) is 8.49. The van der Waals surface area contributed by atoms with Crippen LogP contribution in [-0.4, -0.2) is 33.5 Å². The molecule has 0 spiro atoms. The highest BCUT2D eigenvalue weighted by molar-refractivity contribution is 5.93. The summed E-state index contributed by atoms with van der Waals surface area (Å²) in [6, 6.07) is 13.1. The van der Waals surface area contributed by atoms with Gasteiger partial charge in [0.1, 0.15) is 23.3 Å². The van der Waals surface area contributed by atoms with Crippen molar-refractivity contribution in [1.82, 2.24) is 15.0 Å². The molecule has 0 bridgehead atoms. The minimum absolute atomic E-state index is 0.0113. The van der Waals surface area contributed by atoms with Crippen molar-refractivity contribution < 1.29 is 14.3 Å². The van der Waals surface area contributed by atoms with Gasteiger partial charge >= 0.3 is 5.97 Å². The molecule has 0 aliphatic rings. The number of amides is 1. The summed E-state index contributed by atoms with van der Waals surface area (Å²) in [5.74, 6) is -0.780. The van der Waals surface area contributed by atoms with Crippen LogP contribution in [-0.2, 0) is 14.3 Å². The monoisotopic (exact) mass is 364 g/mol. The van der Waals surface area contributed by atoms with Crippen LogP contribution in [0, 0.1) is 6.92 Å². The second-order valence-electron chi connectivity index (χ2n) is 6.21. The topological polar surface area (TPSA) is 86.1 Å². The van der Waals surface area contributed by atoms with Gasteiger partial charge in [-0.25, -0.2) is 4.79 Å². The lowest BCUT2D eigenvalue weighted by Crippen LogP contribution is -2.17. The average Bonchev–Trinajstić information content (AvgIpc) is 3.07. The van der Waals surface area contributed by atoms with Gasteiger partial charge in [-0.3, -0.25) is 4.79 Å². The molecule has 7 heteroatoms. The maximum atomic E-state index is 12.2. The minimum Gasteiger partial charge on any atom is -0.462 e. The Balaban J connectivity index is 1.77. The van der Waals surface area contributed by atoms with Gasteiger partial charge in [0.05, 0.1) is 12.1 Å². The maximum Gasteiger partial charge on any atom is 0.333 e. The number of benzene rings is 2. The summed E-state index contributed by atoms with van der Waals surface area (Å²) in [6.07, 6.45) is 0.0425. The highest BCUT2D eigenvalue weighted by atomic mass is 16.5. The number of nitrogens with zero attached hydrogens (tertiary/aromatic N) is 3. The molecule has 3 rings (SSSR count). The Morgan fingerprint density at radius 1 is 1.15 bits per heavy atom. The van der Waals surface area contributed by atoms with Gasteiger partial charge in [-0.15, -0.1) is 15.0 Å². The molecule has 0 atom stereocenters. The van der Waals surface area contributed by atoms with Crippen molar-refractivity contribution >= 4 is 28.6 Å². The lowest BCUT2D eigenvalue weighted by Gasteiger charge is -2.11. The number of esters is 1. The molecule has 0 aliphatic carbocycles. The molecular formula is C20H20N4O3.